The second-order valence-electron chi connectivity index (χ2n) is 22.0. The fourth-order valence-electron chi connectivity index (χ4n) is 10.2. The van der Waals surface area contributed by atoms with Gasteiger partial charge in [-0.05, 0) is 146 Å². The van der Waals surface area contributed by atoms with Crippen molar-refractivity contribution in [2.75, 3.05) is 40.5 Å². The van der Waals surface area contributed by atoms with Crippen LogP contribution in [-0.4, -0.2) is 101 Å². The number of hydrogen-bond donors (Lipinski definition) is 4. The monoisotopic (exact) mass is 1410 g/mol. The Morgan fingerprint density at radius 1 is 0.510 bits per heavy atom. The molecule has 0 bridgehead atoms. The first-order chi connectivity index (χ1) is 46.9. The molecular weight excluding hydrogens is 1330 g/mol. The van der Waals surface area contributed by atoms with Gasteiger partial charge < -0.3 is 34.1 Å². The molecule has 5 N–H and O–H groups in total. The molecule has 0 aliphatic heterocycles. The van der Waals surface area contributed by atoms with Gasteiger partial charge in [-0.3, -0.25) is 29.4 Å². The number of para-hydroxylation sites is 8. The number of halogens is 5. The number of rotatable bonds is 23. The van der Waals surface area contributed by atoms with E-state index < -0.39 is 17.5 Å². The van der Waals surface area contributed by atoms with E-state index in [1.807, 2.05) is 160 Å². The molecule has 0 atom stereocenters. The quantitative estimate of drug-likeness (QED) is 0.00882. The van der Waals surface area contributed by atoms with Crippen LogP contribution in [0.1, 0.15) is 86.4 Å². The summed E-state index contributed by atoms with van der Waals surface area (Å²) >= 11 is 3.07. The molecule has 0 saturated heterocycles. The van der Waals surface area contributed by atoms with Crippen LogP contribution < -0.4 is 26.3 Å². The molecule has 0 fully saturated rings. The standard InChI is InChI=1S/C23H29FN4O2.C21H24FN5O3.C13H11FN4.C8H9N3.C5H3BrFN.CH4.H2/c1-3-30-22(29)13-7-5-4-6-10-16-28(21-15-14-18(24)17-25-21)23-26-19-11-8-9-12-20(19)27(23)2;1-26-17-9-6-5-8-16(17)24-21(26)27(19-12-11-15(22)14-23-19)13-7-3-2-4-10-18(28)20(29)25-30;1-18-11-5-3-2-4-10(11)16-13(18)17-12-7-6-9(14)8-15-12;1-11-7-5-3-2-4-6(7)10-8(11)9;6-5-2-1-4(7)3-8-5;;/h8-9,11-12,14-15,17H,3-7,10,13,16H2,1-2H3;5-6,8-9,11-12,14,30H,2-4,7,10,13H2,1H3,(H,25,29);2-8H,1H3,(H,15,16,17);2-5H,1H3,(H2,9,10);1-3H;1H4;1H/i;;;;;;1+2. The summed E-state index contributed by atoms with van der Waals surface area (Å²) in [7, 11) is 7.74. The molecule has 0 aliphatic rings. The number of nitrogens with one attached hydrogen (secondary N) is 2. The van der Waals surface area contributed by atoms with Crippen molar-refractivity contribution in [1.82, 2.24) is 63.6 Å². The Morgan fingerprint density at radius 2 is 0.918 bits per heavy atom. The number of fused-ring (bicyclic) bond motifs is 4. The number of anilines is 7. The van der Waals surface area contributed by atoms with E-state index in [1.165, 1.54) is 48.3 Å². The van der Waals surface area contributed by atoms with Crippen molar-refractivity contribution in [3.63, 3.8) is 0 Å². The molecule has 0 radical (unpaired) electrons. The lowest BCUT2D eigenvalue weighted by atomic mass is 10.1. The van der Waals surface area contributed by atoms with Crippen LogP contribution in [0.5, 0.6) is 0 Å². The molecule has 8 heterocycles. The Morgan fingerprint density at radius 3 is 1.33 bits per heavy atom. The number of pyridine rings is 4. The third-order valence-corrected chi connectivity index (χ3v) is 15.7. The number of hydrogen-bond acceptors (Lipinski definition) is 17. The number of carbonyl (C=O) groups is 3. The lowest BCUT2D eigenvalue weighted by Crippen LogP contribution is -2.27. The summed E-state index contributed by atoms with van der Waals surface area (Å²) in [5.41, 5.74) is 14.7. The van der Waals surface area contributed by atoms with Gasteiger partial charge in [-0.25, -0.2) is 62.9 Å². The Balaban J connectivity index is 0.000000208. The number of aryl methyl sites for hydroxylation is 4. The van der Waals surface area contributed by atoms with Crippen LogP contribution in [0, 0.1) is 23.3 Å². The number of nitrogen functional groups attached to an aromatic ring is 1. The van der Waals surface area contributed by atoms with E-state index in [9.17, 15) is 31.9 Å². The lowest BCUT2D eigenvalue weighted by Gasteiger charge is -2.22. The molecule has 98 heavy (non-hydrogen) atoms. The van der Waals surface area contributed by atoms with Crippen LogP contribution in [0.3, 0.4) is 0 Å². The maximum absolute atomic E-state index is 13.4. The topological polar surface area (TPSA) is 260 Å². The van der Waals surface area contributed by atoms with Crippen LogP contribution in [0.15, 0.2) is 175 Å². The van der Waals surface area contributed by atoms with E-state index >= 15 is 0 Å². The minimum absolute atomic E-state index is 0. The van der Waals surface area contributed by atoms with Gasteiger partial charge >= 0.3 is 11.9 Å². The smallest absolute Gasteiger partial charge is 0.310 e. The summed E-state index contributed by atoms with van der Waals surface area (Å²) in [5.74, 6) is 1.43. The Bertz CT molecular complexity index is 4460. The van der Waals surface area contributed by atoms with Gasteiger partial charge in [0.1, 0.15) is 45.3 Å². The number of nitrogens with two attached hydrogens (primary N) is 1. The summed E-state index contributed by atoms with van der Waals surface area (Å²) in [6.45, 7) is 3.60. The lowest BCUT2D eigenvalue weighted by molar-refractivity contribution is -0.143. The van der Waals surface area contributed by atoms with Crippen molar-refractivity contribution in [3.05, 3.63) is 198 Å². The number of ketones is 1. The van der Waals surface area contributed by atoms with Gasteiger partial charge in [0.2, 0.25) is 29.6 Å². The number of imidazole rings is 4. The zero-order valence-electron chi connectivity index (χ0n) is 54.4. The van der Waals surface area contributed by atoms with Crippen molar-refractivity contribution in [2.45, 2.75) is 85.0 Å². The Hall–Kier alpha value is -10.7. The van der Waals surface area contributed by atoms with Crippen LogP contribution in [-0.2, 0) is 47.3 Å². The van der Waals surface area contributed by atoms with Crippen LogP contribution in [0.4, 0.5) is 58.8 Å². The highest BCUT2D eigenvalue weighted by Crippen LogP contribution is 2.30. The number of ether oxygens (including phenoxy) is 1. The largest absolute Gasteiger partial charge is 0.466 e. The first kappa shape index (κ1) is 74.7. The number of benzene rings is 4. The number of carbonyl (C=O) groups excluding carboxylic acids is 3. The molecule has 0 saturated carbocycles. The molecule has 4 aromatic carbocycles. The third-order valence-electron chi connectivity index (χ3n) is 15.2. The van der Waals surface area contributed by atoms with Crippen molar-refractivity contribution < 1.29 is 43.3 Å². The fraction of sp³-hybridized carbons (Fsp3) is 0.282. The molecule has 516 valence electrons. The SMILES string of the molecule is C.CCOC(=O)CCCCCCCN(c1ccc(F)cn1)c1nc2ccccc2n1C.Cn1c(N(CCCCCCC(=O)C(=O)NO)c2ccc(F)cn2)nc2ccccc21.Cn1c(N)nc2ccccc21.Cn1c(Nc2ccc(F)cn2)nc2ccccc21.Fc1ccc(Br)nc1.[3HH]. The molecule has 12 rings (SSSR count). The molecule has 22 nitrogen and oxygen atoms in total. The predicted molar refractivity (Wildman–Crippen MR) is 380 cm³/mol. The van der Waals surface area contributed by atoms with Crippen LogP contribution >= 0.6 is 15.9 Å². The van der Waals surface area contributed by atoms with E-state index in [-0.39, 0.29) is 38.7 Å². The first-order valence-electron chi connectivity index (χ1n) is 31.4. The van der Waals surface area contributed by atoms with Crippen LogP contribution in [0.25, 0.3) is 44.1 Å². The highest BCUT2D eigenvalue weighted by molar-refractivity contribution is 9.10. The number of amides is 1. The first-order valence-corrected chi connectivity index (χ1v) is 32.2. The molecule has 0 spiro atoms. The summed E-state index contributed by atoms with van der Waals surface area (Å²) in [6, 6.07) is 43.4. The van der Waals surface area contributed by atoms with Gasteiger partial charge in [0.25, 0.3) is 0 Å². The number of aromatic nitrogens is 12. The molecule has 0 unspecified atom stereocenters. The normalized spacial score (nSPS) is 10.6. The number of unbranched alkanes of at least 4 members (excludes halogenated alkanes) is 7. The average Bonchev–Trinajstić information content (AvgIpc) is 1.67. The van der Waals surface area contributed by atoms with Crippen molar-refractivity contribution >= 4 is 119 Å². The van der Waals surface area contributed by atoms with Crippen molar-refractivity contribution in [3.8, 4) is 0 Å². The maximum Gasteiger partial charge on any atom is 0.310 e. The number of nitrogens with zero attached hydrogens (tertiary/aromatic N) is 14. The molecule has 1 amide bonds. The fourth-order valence-corrected chi connectivity index (χ4v) is 10.4. The zero-order valence-corrected chi connectivity index (χ0v) is 56.0. The second kappa shape index (κ2) is 37.6. The number of esters is 1. The maximum atomic E-state index is 13.4. The van der Waals surface area contributed by atoms with Gasteiger partial charge in [0.15, 0.2) is 0 Å². The summed E-state index contributed by atoms with van der Waals surface area (Å²) in [5, 5.41) is 11.5. The van der Waals surface area contributed by atoms with Gasteiger partial charge in [0.05, 0.1) is 75.5 Å². The number of Topliss-reactive ketones (excluding diaryl/α,β-unsaturated/α-hetero) is 1. The molecule has 0 aliphatic carbocycles. The van der Waals surface area contributed by atoms with E-state index in [1.54, 1.807) is 24.3 Å². The van der Waals surface area contributed by atoms with Crippen molar-refractivity contribution in [1.29, 1.82) is 0 Å². The summed E-state index contributed by atoms with van der Waals surface area (Å²) < 4.78 is 65.0. The summed E-state index contributed by atoms with van der Waals surface area (Å²) in [6.07, 6.45) is 13.2. The van der Waals surface area contributed by atoms with Gasteiger partial charge in [0, 0.05) is 55.5 Å². The molecule has 12 aromatic rings. The average molecular weight is 1410 g/mol. The minimum atomic E-state index is -0.981. The van der Waals surface area contributed by atoms with E-state index in [4.69, 9.17) is 25.6 Å². The van der Waals surface area contributed by atoms with Gasteiger partial charge in [-0.15, -0.1) is 0 Å². The Labute approximate surface area is 575 Å². The van der Waals surface area contributed by atoms with Crippen molar-refractivity contribution in [2.24, 2.45) is 28.2 Å². The molecular formula is C71H82BrF4N17O5. The summed E-state index contributed by atoms with van der Waals surface area (Å²) in [4.78, 5) is 72.0. The van der Waals surface area contributed by atoms with E-state index in [0.29, 0.717) is 65.9 Å². The third kappa shape index (κ3) is 21.2. The predicted octanol–water partition coefficient (Wildman–Crippen LogP) is 15.3. The minimum Gasteiger partial charge on any atom is -0.466 e. The van der Waals surface area contributed by atoms with E-state index in [2.05, 4.69) is 51.2 Å². The van der Waals surface area contributed by atoms with Gasteiger partial charge in [-0.2, -0.15) is 0 Å². The van der Waals surface area contributed by atoms with Gasteiger partial charge in [-0.1, -0.05) is 88.1 Å². The van der Waals surface area contributed by atoms with Crippen LogP contribution in [0.2, 0.25) is 0 Å². The van der Waals surface area contributed by atoms with E-state index in [0.717, 1.165) is 114 Å². The molecule has 27 heteroatoms. The highest BCUT2D eigenvalue weighted by Gasteiger charge is 2.20. The molecule has 8 aromatic heterocycles. The zero-order chi connectivity index (χ0) is 69.2. The number of hydroxylamine groups is 1. The Kier molecular flexibility index (Phi) is 28.7. The second-order valence-corrected chi connectivity index (χ2v) is 22.8. The highest BCUT2D eigenvalue weighted by atomic mass is 79.9.